The molecule has 0 saturated carbocycles. The summed E-state index contributed by atoms with van der Waals surface area (Å²) in [6, 6.07) is 11.3. The fraction of sp³-hybridized carbons (Fsp3) is 0.316. The average molecular weight is 417 g/mol. The number of anilines is 2. The molecule has 1 fully saturated rings. The molecule has 1 aliphatic heterocycles. The zero-order valence-electron chi connectivity index (χ0n) is 14.8. The Kier molecular flexibility index (Phi) is 5.56. The molecule has 26 heavy (non-hydrogen) atoms. The smallest absolute Gasteiger partial charge is 0.227 e. The number of aromatic nitrogens is 1. The Morgan fingerprint density at radius 2 is 2.15 bits per heavy atom. The van der Waals surface area contributed by atoms with E-state index in [1.807, 2.05) is 55.4 Å². The van der Waals surface area contributed by atoms with Gasteiger partial charge in [0.15, 0.2) is 0 Å². The molecule has 0 spiro atoms. The summed E-state index contributed by atoms with van der Waals surface area (Å²) in [5.74, 6) is 0.343. The zero-order valence-corrected chi connectivity index (χ0v) is 16.4. The fourth-order valence-corrected chi connectivity index (χ4v) is 3.46. The van der Waals surface area contributed by atoms with E-state index >= 15 is 0 Å². The number of carbonyl (C=O) groups excluding carboxylic acids is 2. The Morgan fingerprint density at radius 1 is 1.35 bits per heavy atom. The summed E-state index contributed by atoms with van der Waals surface area (Å²) in [7, 11) is 3.83. The molecule has 2 aromatic rings. The maximum Gasteiger partial charge on any atom is 0.227 e. The van der Waals surface area contributed by atoms with E-state index in [0.29, 0.717) is 13.1 Å². The first-order chi connectivity index (χ1) is 12.5. The first-order valence-electron chi connectivity index (χ1n) is 8.40. The second-order valence-corrected chi connectivity index (χ2v) is 7.40. The standard InChI is InChI=1S/C19H21BrN4O2/c1-23(2)18-13(5-4-8-21-18)11-22-19(26)14-9-17(25)24(12-14)16-7-3-6-15(20)10-16/h3-8,10,14H,9,11-12H2,1-2H3,(H,22,26). The summed E-state index contributed by atoms with van der Waals surface area (Å²) >= 11 is 3.42. The summed E-state index contributed by atoms with van der Waals surface area (Å²) < 4.78 is 0.906. The minimum atomic E-state index is -0.346. The molecule has 0 aliphatic carbocycles. The number of hydrogen-bond donors (Lipinski definition) is 1. The molecule has 1 saturated heterocycles. The van der Waals surface area contributed by atoms with Crippen LogP contribution in [0, 0.1) is 5.92 Å². The molecule has 3 rings (SSSR count). The van der Waals surface area contributed by atoms with E-state index in [1.165, 1.54) is 0 Å². The summed E-state index contributed by atoms with van der Waals surface area (Å²) in [4.78, 5) is 32.8. The molecule has 1 atom stereocenters. The molecule has 1 aromatic carbocycles. The Balaban J connectivity index is 1.64. The Hall–Kier alpha value is -2.41. The third-order valence-corrected chi connectivity index (χ3v) is 4.85. The van der Waals surface area contributed by atoms with Crippen LogP contribution in [0.15, 0.2) is 47.1 Å². The van der Waals surface area contributed by atoms with E-state index < -0.39 is 0 Å². The largest absolute Gasteiger partial charge is 0.362 e. The van der Waals surface area contributed by atoms with Crippen LogP contribution in [0.2, 0.25) is 0 Å². The van der Waals surface area contributed by atoms with Crippen LogP contribution in [0.3, 0.4) is 0 Å². The number of carbonyl (C=O) groups is 2. The maximum absolute atomic E-state index is 12.6. The summed E-state index contributed by atoms with van der Waals surface area (Å²) in [6.07, 6.45) is 1.96. The maximum atomic E-state index is 12.6. The van der Waals surface area contributed by atoms with Gasteiger partial charge >= 0.3 is 0 Å². The van der Waals surface area contributed by atoms with Gasteiger partial charge in [-0.3, -0.25) is 9.59 Å². The number of benzene rings is 1. The Morgan fingerprint density at radius 3 is 2.88 bits per heavy atom. The molecule has 0 bridgehead atoms. The van der Waals surface area contributed by atoms with Crippen LogP contribution in [0.4, 0.5) is 11.5 Å². The number of halogens is 1. The highest BCUT2D eigenvalue weighted by molar-refractivity contribution is 9.10. The topological polar surface area (TPSA) is 65.5 Å². The van der Waals surface area contributed by atoms with Crippen molar-refractivity contribution in [2.75, 3.05) is 30.4 Å². The molecule has 136 valence electrons. The summed E-state index contributed by atoms with van der Waals surface area (Å²) in [5.41, 5.74) is 1.75. The van der Waals surface area contributed by atoms with Gasteiger partial charge in [-0.1, -0.05) is 28.1 Å². The third-order valence-electron chi connectivity index (χ3n) is 4.36. The van der Waals surface area contributed by atoms with Crippen LogP contribution in [-0.2, 0) is 16.1 Å². The quantitative estimate of drug-likeness (QED) is 0.813. The second-order valence-electron chi connectivity index (χ2n) is 6.48. The van der Waals surface area contributed by atoms with E-state index in [-0.39, 0.29) is 24.2 Å². The zero-order chi connectivity index (χ0) is 18.7. The predicted octanol–water partition coefficient (Wildman–Crippen LogP) is 2.58. The lowest BCUT2D eigenvalue weighted by molar-refractivity contribution is -0.126. The van der Waals surface area contributed by atoms with Crippen molar-refractivity contribution < 1.29 is 9.59 Å². The molecular formula is C19H21BrN4O2. The van der Waals surface area contributed by atoms with Crippen LogP contribution in [0.25, 0.3) is 0 Å². The van der Waals surface area contributed by atoms with Gasteiger partial charge in [-0.25, -0.2) is 4.98 Å². The van der Waals surface area contributed by atoms with Gasteiger partial charge < -0.3 is 15.1 Å². The molecule has 1 aliphatic rings. The average Bonchev–Trinajstić information content (AvgIpc) is 3.01. The number of pyridine rings is 1. The second kappa shape index (κ2) is 7.86. The third kappa shape index (κ3) is 4.04. The first-order valence-corrected chi connectivity index (χ1v) is 9.20. The van der Waals surface area contributed by atoms with Crippen molar-refractivity contribution >= 4 is 39.2 Å². The molecule has 1 N–H and O–H groups in total. The number of nitrogens with one attached hydrogen (secondary N) is 1. The lowest BCUT2D eigenvalue weighted by atomic mass is 10.1. The van der Waals surface area contributed by atoms with Gasteiger partial charge in [0.1, 0.15) is 5.82 Å². The van der Waals surface area contributed by atoms with Gasteiger partial charge in [-0.2, -0.15) is 0 Å². The SMILES string of the molecule is CN(C)c1ncccc1CNC(=O)C1CC(=O)N(c2cccc(Br)c2)C1. The van der Waals surface area contributed by atoms with Gasteiger partial charge in [0.25, 0.3) is 0 Å². The van der Waals surface area contributed by atoms with Crippen molar-refractivity contribution in [2.45, 2.75) is 13.0 Å². The van der Waals surface area contributed by atoms with Crippen molar-refractivity contribution in [1.82, 2.24) is 10.3 Å². The number of rotatable bonds is 5. The minimum absolute atomic E-state index is 0.0291. The highest BCUT2D eigenvalue weighted by Gasteiger charge is 2.35. The van der Waals surface area contributed by atoms with E-state index in [2.05, 4.69) is 26.2 Å². The molecule has 2 amide bonds. The van der Waals surface area contributed by atoms with Gasteiger partial charge in [0.05, 0.1) is 5.92 Å². The molecule has 6 nitrogen and oxygen atoms in total. The van der Waals surface area contributed by atoms with Gasteiger partial charge in [-0.15, -0.1) is 0 Å². The van der Waals surface area contributed by atoms with E-state index in [1.54, 1.807) is 11.1 Å². The van der Waals surface area contributed by atoms with Crippen LogP contribution in [0.5, 0.6) is 0 Å². The number of hydrogen-bond acceptors (Lipinski definition) is 4. The molecule has 7 heteroatoms. The van der Waals surface area contributed by atoms with E-state index in [0.717, 1.165) is 21.5 Å². The van der Waals surface area contributed by atoms with Crippen LogP contribution >= 0.6 is 15.9 Å². The van der Waals surface area contributed by atoms with Crippen molar-refractivity contribution in [3.63, 3.8) is 0 Å². The molecule has 2 heterocycles. The molecule has 1 unspecified atom stereocenters. The van der Waals surface area contributed by atoms with Crippen molar-refractivity contribution in [3.8, 4) is 0 Å². The van der Waals surface area contributed by atoms with E-state index in [9.17, 15) is 9.59 Å². The summed E-state index contributed by atoms with van der Waals surface area (Å²) in [6.45, 7) is 0.788. The van der Waals surface area contributed by atoms with Gasteiger partial charge in [0, 0.05) is 55.5 Å². The monoisotopic (exact) mass is 416 g/mol. The number of amides is 2. The highest BCUT2D eigenvalue weighted by Crippen LogP contribution is 2.27. The van der Waals surface area contributed by atoms with Crippen molar-refractivity contribution in [3.05, 3.63) is 52.6 Å². The van der Waals surface area contributed by atoms with Crippen LogP contribution in [-0.4, -0.2) is 37.4 Å². The van der Waals surface area contributed by atoms with Crippen molar-refractivity contribution in [2.24, 2.45) is 5.92 Å². The Labute approximate surface area is 161 Å². The lowest BCUT2D eigenvalue weighted by Crippen LogP contribution is -2.33. The Bertz CT molecular complexity index is 825. The first kappa shape index (κ1) is 18.4. The highest BCUT2D eigenvalue weighted by atomic mass is 79.9. The van der Waals surface area contributed by atoms with Gasteiger partial charge in [0.2, 0.25) is 11.8 Å². The van der Waals surface area contributed by atoms with E-state index in [4.69, 9.17) is 0 Å². The van der Waals surface area contributed by atoms with Crippen molar-refractivity contribution in [1.29, 1.82) is 0 Å². The van der Waals surface area contributed by atoms with Crippen LogP contribution < -0.4 is 15.1 Å². The molecule has 0 radical (unpaired) electrons. The molecular weight excluding hydrogens is 396 g/mol. The normalized spacial score (nSPS) is 16.7. The number of nitrogens with zero attached hydrogens (tertiary/aromatic N) is 3. The van der Waals surface area contributed by atoms with Gasteiger partial charge in [-0.05, 0) is 24.3 Å². The van der Waals surface area contributed by atoms with Crippen LogP contribution in [0.1, 0.15) is 12.0 Å². The predicted molar refractivity (Wildman–Crippen MR) is 105 cm³/mol. The molecule has 1 aromatic heterocycles. The lowest BCUT2D eigenvalue weighted by Gasteiger charge is -2.18. The fourth-order valence-electron chi connectivity index (χ4n) is 3.07. The summed E-state index contributed by atoms with van der Waals surface area (Å²) in [5, 5.41) is 2.95. The minimum Gasteiger partial charge on any atom is -0.362 e.